The van der Waals surface area contributed by atoms with Crippen molar-refractivity contribution in [1.82, 2.24) is 5.32 Å². The number of halogens is 1. The molecule has 1 aromatic carbocycles. The highest BCUT2D eigenvalue weighted by atomic mass is 35.5. The minimum absolute atomic E-state index is 0.0612. The first-order valence-electron chi connectivity index (χ1n) is 6.60. The van der Waals surface area contributed by atoms with Gasteiger partial charge in [0.1, 0.15) is 0 Å². The molecule has 0 aliphatic rings. The average molecular weight is 284 g/mol. The Hall–Kier alpha value is -1.06. The summed E-state index contributed by atoms with van der Waals surface area (Å²) < 4.78 is 5.23. The number of nitrogens with one attached hydrogen (secondary N) is 1. The van der Waals surface area contributed by atoms with E-state index in [4.69, 9.17) is 16.3 Å². The van der Waals surface area contributed by atoms with Crippen LogP contribution in [0.3, 0.4) is 0 Å². The van der Waals surface area contributed by atoms with Crippen LogP contribution in [0.25, 0.3) is 0 Å². The molecule has 0 saturated carbocycles. The number of rotatable bonds is 8. The Kier molecular flexibility index (Phi) is 7.53. The topological polar surface area (TPSA) is 38.3 Å². The lowest BCUT2D eigenvalue weighted by atomic mass is 10.0. The Morgan fingerprint density at radius 1 is 1.32 bits per heavy atom. The van der Waals surface area contributed by atoms with Crippen LogP contribution >= 0.6 is 11.6 Å². The van der Waals surface area contributed by atoms with Crippen molar-refractivity contribution in [2.24, 2.45) is 0 Å². The number of alkyl halides is 1. The largest absolute Gasteiger partial charge is 0.380 e. The summed E-state index contributed by atoms with van der Waals surface area (Å²) >= 11 is 5.49. The fourth-order valence-electron chi connectivity index (χ4n) is 1.78. The number of carbonyl (C=O) groups excluding carboxylic acids is 1. The van der Waals surface area contributed by atoms with E-state index >= 15 is 0 Å². The van der Waals surface area contributed by atoms with Gasteiger partial charge in [0, 0.05) is 19.0 Å². The summed E-state index contributed by atoms with van der Waals surface area (Å²) in [7, 11) is 0. The van der Waals surface area contributed by atoms with Gasteiger partial charge in [0.05, 0.1) is 13.0 Å². The molecule has 0 unspecified atom stereocenters. The van der Waals surface area contributed by atoms with Gasteiger partial charge in [-0.3, -0.25) is 4.79 Å². The van der Waals surface area contributed by atoms with Gasteiger partial charge in [0.15, 0.2) is 0 Å². The molecular weight excluding hydrogens is 262 g/mol. The third kappa shape index (κ3) is 6.60. The predicted molar refractivity (Wildman–Crippen MR) is 78.8 cm³/mol. The van der Waals surface area contributed by atoms with E-state index in [1.807, 2.05) is 13.8 Å². The van der Waals surface area contributed by atoms with Crippen molar-refractivity contribution in [2.45, 2.75) is 26.7 Å². The Bertz CT molecular complexity index is 407. The van der Waals surface area contributed by atoms with Crippen LogP contribution in [0.2, 0.25) is 0 Å². The first-order valence-corrected chi connectivity index (χ1v) is 7.13. The van der Waals surface area contributed by atoms with Gasteiger partial charge >= 0.3 is 0 Å². The summed E-state index contributed by atoms with van der Waals surface area (Å²) in [6, 6.07) is 6.18. The first-order chi connectivity index (χ1) is 9.13. The zero-order chi connectivity index (χ0) is 14.1. The van der Waals surface area contributed by atoms with Gasteiger partial charge in [-0.15, -0.1) is 11.6 Å². The molecule has 0 aliphatic carbocycles. The van der Waals surface area contributed by atoms with Crippen LogP contribution in [-0.4, -0.2) is 31.5 Å². The average Bonchev–Trinajstić information content (AvgIpc) is 2.38. The lowest BCUT2D eigenvalue weighted by Crippen LogP contribution is -2.27. The maximum Gasteiger partial charge on any atom is 0.224 e. The molecule has 0 heterocycles. The predicted octanol–water partition coefficient (Wildman–Crippen LogP) is 2.61. The van der Waals surface area contributed by atoms with E-state index < -0.39 is 0 Å². The van der Waals surface area contributed by atoms with E-state index in [0.29, 0.717) is 32.1 Å². The summed E-state index contributed by atoms with van der Waals surface area (Å²) in [5, 5.41) is 2.90. The first kappa shape index (κ1) is 16.0. The maximum atomic E-state index is 11.8. The molecule has 0 aromatic heterocycles. The minimum atomic E-state index is 0.0612. The standard InChI is InChI=1S/C15H22ClNO2/c1-12-4-5-13(2)14(10-12)11-15(18)17-7-3-8-19-9-6-16/h4-5,10H,3,6-9,11H2,1-2H3,(H,17,18). The highest BCUT2D eigenvalue weighted by Crippen LogP contribution is 2.11. The van der Waals surface area contributed by atoms with Crippen molar-refractivity contribution in [1.29, 1.82) is 0 Å². The van der Waals surface area contributed by atoms with Gasteiger partial charge in [-0.2, -0.15) is 0 Å². The maximum absolute atomic E-state index is 11.8. The summed E-state index contributed by atoms with van der Waals surface area (Å²) in [6.45, 7) is 5.91. The van der Waals surface area contributed by atoms with Crippen LogP contribution < -0.4 is 5.32 Å². The van der Waals surface area contributed by atoms with Crippen molar-refractivity contribution >= 4 is 17.5 Å². The molecule has 1 aromatic rings. The van der Waals surface area contributed by atoms with Gasteiger partial charge in [-0.1, -0.05) is 23.8 Å². The second-order valence-corrected chi connectivity index (χ2v) is 4.99. The van der Waals surface area contributed by atoms with Crippen LogP contribution in [-0.2, 0) is 16.0 Å². The molecule has 0 aliphatic heterocycles. The lowest BCUT2D eigenvalue weighted by molar-refractivity contribution is -0.120. The Morgan fingerprint density at radius 3 is 2.84 bits per heavy atom. The lowest BCUT2D eigenvalue weighted by Gasteiger charge is -2.08. The molecule has 0 saturated heterocycles. The molecule has 4 heteroatoms. The van der Waals surface area contributed by atoms with E-state index in [2.05, 4.69) is 23.5 Å². The molecular formula is C15H22ClNO2. The molecule has 1 N–H and O–H groups in total. The number of aryl methyl sites for hydroxylation is 2. The molecule has 0 atom stereocenters. The van der Waals surface area contributed by atoms with Crippen molar-refractivity contribution in [3.05, 3.63) is 34.9 Å². The zero-order valence-corrected chi connectivity index (χ0v) is 12.4. The number of benzene rings is 1. The van der Waals surface area contributed by atoms with E-state index in [9.17, 15) is 4.79 Å². The van der Waals surface area contributed by atoms with Crippen molar-refractivity contribution in [3.8, 4) is 0 Å². The summed E-state index contributed by atoms with van der Waals surface area (Å²) in [6.07, 6.45) is 1.26. The van der Waals surface area contributed by atoms with Crippen molar-refractivity contribution in [3.63, 3.8) is 0 Å². The van der Waals surface area contributed by atoms with E-state index in [1.165, 1.54) is 5.56 Å². The van der Waals surface area contributed by atoms with Gasteiger partial charge in [0.2, 0.25) is 5.91 Å². The van der Waals surface area contributed by atoms with E-state index in [0.717, 1.165) is 17.5 Å². The molecule has 0 spiro atoms. The smallest absolute Gasteiger partial charge is 0.224 e. The highest BCUT2D eigenvalue weighted by Gasteiger charge is 2.05. The molecule has 106 valence electrons. The molecule has 0 fully saturated rings. The van der Waals surface area contributed by atoms with Gasteiger partial charge in [-0.05, 0) is 31.4 Å². The van der Waals surface area contributed by atoms with Crippen LogP contribution in [0.4, 0.5) is 0 Å². The Morgan fingerprint density at radius 2 is 2.11 bits per heavy atom. The summed E-state index contributed by atoms with van der Waals surface area (Å²) in [4.78, 5) is 11.8. The third-order valence-corrected chi connectivity index (χ3v) is 3.02. The van der Waals surface area contributed by atoms with Crippen LogP contribution in [0.5, 0.6) is 0 Å². The molecule has 1 amide bonds. The molecule has 0 radical (unpaired) electrons. The SMILES string of the molecule is Cc1ccc(C)c(CC(=O)NCCCOCCCl)c1. The number of amides is 1. The number of carbonyl (C=O) groups is 1. The van der Waals surface area contributed by atoms with Crippen molar-refractivity contribution in [2.75, 3.05) is 25.6 Å². The summed E-state index contributed by atoms with van der Waals surface area (Å²) in [5.41, 5.74) is 3.44. The van der Waals surface area contributed by atoms with E-state index in [-0.39, 0.29) is 5.91 Å². The van der Waals surface area contributed by atoms with E-state index in [1.54, 1.807) is 0 Å². The highest BCUT2D eigenvalue weighted by molar-refractivity contribution is 6.17. The van der Waals surface area contributed by atoms with Crippen molar-refractivity contribution < 1.29 is 9.53 Å². The fraction of sp³-hybridized carbons (Fsp3) is 0.533. The van der Waals surface area contributed by atoms with Gasteiger partial charge < -0.3 is 10.1 Å². The minimum Gasteiger partial charge on any atom is -0.380 e. The number of hydrogen-bond donors (Lipinski definition) is 1. The number of hydrogen-bond acceptors (Lipinski definition) is 2. The Balaban J connectivity index is 2.25. The molecule has 3 nitrogen and oxygen atoms in total. The van der Waals surface area contributed by atoms with Crippen LogP contribution in [0, 0.1) is 13.8 Å². The molecule has 1 rings (SSSR count). The van der Waals surface area contributed by atoms with Crippen LogP contribution in [0.1, 0.15) is 23.1 Å². The summed E-state index contributed by atoms with van der Waals surface area (Å²) in [5.74, 6) is 0.574. The fourth-order valence-corrected chi connectivity index (χ4v) is 1.89. The quantitative estimate of drug-likeness (QED) is 0.588. The Labute approximate surface area is 120 Å². The number of ether oxygens (including phenoxy) is 1. The normalized spacial score (nSPS) is 10.5. The second-order valence-electron chi connectivity index (χ2n) is 4.61. The second kappa shape index (κ2) is 8.94. The molecule has 19 heavy (non-hydrogen) atoms. The van der Waals surface area contributed by atoms with Gasteiger partial charge in [-0.25, -0.2) is 0 Å². The zero-order valence-electron chi connectivity index (χ0n) is 11.7. The monoisotopic (exact) mass is 283 g/mol. The van der Waals surface area contributed by atoms with Crippen LogP contribution in [0.15, 0.2) is 18.2 Å². The third-order valence-electron chi connectivity index (χ3n) is 2.86. The van der Waals surface area contributed by atoms with Gasteiger partial charge in [0.25, 0.3) is 0 Å². The molecule has 0 bridgehead atoms.